The van der Waals surface area contributed by atoms with Crippen molar-refractivity contribution in [3.8, 4) is 0 Å². The molecule has 0 spiro atoms. The molecule has 0 radical (unpaired) electrons. The SMILES string of the molecule is CCc1ccc(CC2CCCCCC2Br)cc1. The van der Waals surface area contributed by atoms with E-state index in [1.807, 2.05) is 0 Å². The first kappa shape index (κ1) is 13.1. The molecule has 94 valence electrons. The average molecular weight is 295 g/mol. The molecule has 2 rings (SSSR count). The summed E-state index contributed by atoms with van der Waals surface area (Å²) in [7, 11) is 0. The van der Waals surface area contributed by atoms with Crippen LogP contribution in [0.2, 0.25) is 0 Å². The number of benzene rings is 1. The van der Waals surface area contributed by atoms with Crippen molar-refractivity contribution in [3.05, 3.63) is 35.4 Å². The topological polar surface area (TPSA) is 0 Å². The van der Waals surface area contributed by atoms with E-state index >= 15 is 0 Å². The number of rotatable bonds is 3. The molecule has 0 saturated heterocycles. The van der Waals surface area contributed by atoms with Crippen LogP contribution in [0.3, 0.4) is 0 Å². The first-order valence-electron chi connectivity index (χ1n) is 7.01. The van der Waals surface area contributed by atoms with Gasteiger partial charge in [-0.05, 0) is 42.7 Å². The molecular formula is C16H23Br. The summed E-state index contributed by atoms with van der Waals surface area (Å²) < 4.78 is 0. The van der Waals surface area contributed by atoms with Crippen molar-refractivity contribution in [1.82, 2.24) is 0 Å². The molecule has 1 fully saturated rings. The van der Waals surface area contributed by atoms with Gasteiger partial charge in [-0.15, -0.1) is 0 Å². The molecule has 1 aliphatic rings. The smallest absolute Gasteiger partial charge is 0.0177 e. The summed E-state index contributed by atoms with van der Waals surface area (Å²) >= 11 is 3.89. The maximum atomic E-state index is 3.89. The number of alkyl halides is 1. The van der Waals surface area contributed by atoms with Gasteiger partial charge >= 0.3 is 0 Å². The third kappa shape index (κ3) is 3.84. The minimum Gasteiger partial charge on any atom is -0.0888 e. The van der Waals surface area contributed by atoms with Crippen molar-refractivity contribution >= 4 is 15.9 Å². The maximum absolute atomic E-state index is 3.89. The van der Waals surface area contributed by atoms with Crippen LogP contribution in [0, 0.1) is 5.92 Å². The monoisotopic (exact) mass is 294 g/mol. The van der Waals surface area contributed by atoms with Crippen LogP contribution >= 0.6 is 15.9 Å². The summed E-state index contributed by atoms with van der Waals surface area (Å²) in [5.41, 5.74) is 2.96. The second kappa shape index (κ2) is 6.58. The molecule has 0 N–H and O–H groups in total. The predicted molar refractivity (Wildman–Crippen MR) is 78.8 cm³/mol. The number of hydrogen-bond donors (Lipinski definition) is 0. The third-order valence-electron chi connectivity index (χ3n) is 4.00. The van der Waals surface area contributed by atoms with E-state index in [4.69, 9.17) is 0 Å². The zero-order valence-corrected chi connectivity index (χ0v) is 12.4. The van der Waals surface area contributed by atoms with Crippen molar-refractivity contribution in [2.24, 2.45) is 5.92 Å². The fourth-order valence-electron chi connectivity index (χ4n) is 2.78. The molecular weight excluding hydrogens is 272 g/mol. The quantitative estimate of drug-likeness (QED) is 0.535. The van der Waals surface area contributed by atoms with Gasteiger partial charge in [0.05, 0.1) is 0 Å². The molecule has 1 saturated carbocycles. The van der Waals surface area contributed by atoms with E-state index in [2.05, 4.69) is 47.1 Å². The Morgan fingerprint density at radius 1 is 1.00 bits per heavy atom. The lowest BCUT2D eigenvalue weighted by Gasteiger charge is -2.20. The van der Waals surface area contributed by atoms with E-state index in [9.17, 15) is 0 Å². The van der Waals surface area contributed by atoms with E-state index < -0.39 is 0 Å². The molecule has 0 amide bonds. The van der Waals surface area contributed by atoms with Crippen LogP contribution in [0.5, 0.6) is 0 Å². The van der Waals surface area contributed by atoms with E-state index in [1.165, 1.54) is 49.7 Å². The third-order valence-corrected chi connectivity index (χ3v) is 5.20. The summed E-state index contributed by atoms with van der Waals surface area (Å²) in [6, 6.07) is 9.22. The highest BCUT2D eigenvalue weighted by atomic mass is 79.9. The lowest BCUT2D eigenvalue weighted by molar-refractivity contribution is 0.475. The molecule has 2 atom stereocenters. The Morgan fingerprint density at radius 3 is 2.35 bits per heavy atom. The highest BCUT2D eigenvalue weighted by Gasteiger charge is 2.21. The van der Waals surface area contributed by atoms with Gasteiger partial charge < -0.3 is 0 Å². The average Bonchev–Trinajstić information content (AvgIpc) is 2.56. The van der Waals surface area contributed by atoms with Crippen LogP contribution in [0.4, 0.5) is 0 Å². The van der Waals surface area contributed by atoms with Gasteiger partial charge in [-0.3, -0.25) is 0 Å². The van der Waals surface area contributed by atoms with Gasteiger partial charge in [0, 0.05) is 4.83 Å². The maximum Gasteiger partial charge on any atom is 0.0177 e. The lowest BCUT2D eigenvalue weighted by Crippen LogP contribution is -2.15. The van der Waals surface area contributed by atoms with Crippen molar-refractivity contribution in [2.75, 3.05) is 0 Å². The Labute approximate surface area is 114 Å². The van der Waals surface area contributed by atoms with Gasteiger partial charge in [-0.2, -0.15) is 0 Å². The second-order valence-corrected chi connectivity index (χ2v) is 6.46. The highest BCUT2D eigenvalue weighted by Crippen LogP contribution is 2.31. The Morgan fingerprint density at radius 2 is 1.65 bits per heavy atom. The Kier molecular flexibility index (Phi) is 5.09. The molecule has 0 aliphatic heterocycles. The van der Waals surface area contributed by atoms with Gasteiger partial charge in [-0.1, -0.05) is 66.4 Å². The van der Waals surface area contributed by atoms with Crippen LogP contribution in [0.1, 0.15) is 50.2 Å². The number of aryl methyl sites for hydroxylation is 1. The standard InChI is InChI=1S/C16H23Br/c1-2-13-8-10-14(11-9-13)12-15-6-4-3-5-7-16(15)17/h8-11,15-16H,2-7,12H2,1H3. The van der Waals surface area contributed by atoms with Crippen molar-refractivity contribution < 1.29 is 0 Å². The van der Waals surface area contributed by atoms with Crippen LogP contribution in [0.25, 0.3) is 0 Å². The zero-order valence-electron chi connectivity index (χ0n) is 10.8. The molecule has 0 aromatic heterocycles. The summed E-state index contributed by atoms with van der Waals surface area (Å²) in [6.45, 7) is 2.22. The number of halogens is 1. The predicted octanol–water partition coefficient (Wildman–Crippen LogP) is 5.14. The Bertz CT molecular complexity index is 328. The molecule has 1 aliphatic carbocycles. The van der Waals surface area contributed by atoms with E-state index in [-0.39, 0.29) is 0 Å². The Hall–Kier alpha value is -0.300. The van der Waals surface area contributed by atoms with E-state index in [0.717, 1.165) is 17.2 Å². The van der Waals surface area contributed by atoms with Gasteiger partial charge in [-0.25, -0.2) is 0 Å². The summed E-state index contributed by atoms with van der Waals surface area (Å²) in [5.74, 6) is 0.838. The van der Waals surface area contributed by atoms with Gasteiger partial charge in [0.2, 0.25) is 0 Å². The Balaban J connectivity index is 1.98. The highest BCUT2D eigenvalue weighted by molar-refractivity contribution is 9.09. The minimum atomic E-state index is 0.732. The second-order valence-electron chi connectivity index (χ2n) is 5.29. The molecule has 1 heteroatoms. The summed E-state index contributed by atoms with van der Waals surface area (Å²) in [4.78, 5) is 0.732. The normalized spacial score (nSPS) is 25.5. The van der Waals surface area contributed by atoms with Crippen LogP contribution in [-0.2, 0) is 12.8 Å². The first-order chi connectivity index (χ1) is 8.29. The molecule has 1 aromatic carbocycles. The largest absolute Gasteiger partial charge is 0.0888 e. The first-order valence-corrected chi connectivity index (χ1v) is 7.93. The summed E-state index contributed by atoms with van der Waals surface area (Å²) in [5, 5.41) is 0. The molecule has 0 heterocycles. The number of hydrogen-bond acceptors (Lipinski definition) is 0. The minimum absolute atomic E-state index is 0.732. The van der Waals surface area contributed by atoms with Crippen molar-refractivity contribution in [2.45, 2.75) is 56.7 Å². The summed E-state index contributed by atoms with van der Waals surface area (Å²) in [6.07, 6.45) is 9.39. The van der Waals surface area contributed by atoms with E-state index in [0.29, 0.717) is 0 Å². The zero-order chi connectivity index (χ0) is 12.1. The van der Waals surface area contributed by atoms with Crippen molar-refractivity contribution in [1.29, 1.82) is 0 Å². The lowest BCUT2D eigenvalue weighted by atomic mass is 9.92. The molecule has 17 heavy (non-hydrogen) atoms. The molecule has 0 bridgehead atoms. The molecule has 1 aromatic rings. The van der Waals surface area contributed by atoms with Gasteiger partial charge in [0.15, 0.2) is 0 Å². The van der Waals surface area contributed by atoms with Crippen LogP contribution in [-0.4, -0.2) is 4.83 Å². The van der Waals surface area contributed by atoms with E-state index in [1.54, 1.807) is 0 Å². The van der Waals surface area contributed by atoms with Crippen LogP contribution in [0.15, 0.2) is 24.3 Å². The van der Waals surface area contributed by atoms with Gasteiger partial charge in [0.25, 0.3) is 0 Å². The fourth-order valence-corrected chi connectivity index (χ4v) is 3.56. The molecule has 2 unspecified atom stereocenters. The molecule has 0 nitrogen and oxygen atoms in total. The van der Waals surface area contributed by atoms with Gasteiger partial charge in [0.1, 0.15) is 0 Å². The van der Waals surface area contributed by atoms with Crippen molar-refractivity contribution in [3.63, 3.8) is 0 Å². The fraction of sp³-hybridized carbons (Fsp3) is 0.625. The van der Waals surface area contributed by atoms with Crippen LogP contribution < -0.4 is 0 Å².